The molecule has 0 bridgehead atoms. The number of imidazole rings is 1. The third-order valence-corrected chi connectivity index (χ3v) is 7.09. The van der Waals surface area contributed by atoms with Crippen LogP contribution in [0.4, 0.5) is 14.5 Å². The van der Waals surface area contributed by atoms with E-state index in [1.165, 1.54) is 18.2 Å². The Hall–Kier alpha value is -3.51. The summed E-state index contributed by atoms with van der Waals surface area (Å²) < 4.78 is 29.1. The van der Waals surface area contributed by atoms with Crippen molar-refractivity contribution in [2.75, 3.05) is 5.32 Å². The third kappa shape index (κ3) is 4.42. The Kier molecular flexibility index (Phi) is 6.17. The van der Waals surface area contributed by atoms with Crippen LogP contribution in [0, 0.1) is 26.7 Å². The monoisotopic (exact) mass is 505 g/mol. The molecule has 5 rings (SSSR count). The predicted molar refractivity (Wildman–Crippen MR) is 140 cm³/mol. The topological polar surface area (TPSA) is 57.8 Å². The van der Waals surface area contributed by atoms with Gasteiger partial charge in [-0.05, 0) is 74.6 Å². The van der Waals surface area contributed by atoms with Gasteiger partial charge in [0.2, 0.25) is 0 Å². The van der Waals surface area contributed by atoms with E-state index in [0.717, 1.165) is 27.8 Å². The van der Waals surface area contributed by atoms with Crippen LogP contribution < -0.4 is 5.32 Å². The standard InChI is InChI=1S/C29H26ClF2N3O/c1-16-7-4-5-10-22(16)25-17(2)23(13-14-24(25)30)27-33-18(3)26(35-27)28(36)34-21-9-6-8-20(15-21)29(31,32)19-11-12-19/h4-10,13-15,19H,11-12H2,1-3H3,(H,33,35)(H,34,36). The number of nitrogens with zero attached hydrogens (tertiary/aromatic N) is 1. The van der Waals surface area contributed by atoms with Gasteiger partial charge in [0, 0.05) is 39.0 Å². The molecule has 4 aromatic rings. The van der Waals surface area contributed by atoms with Gasteiger partial charge in [-0.15, -0.1) is 0 Å². The quantitative estimate of drug-likeness (QED) is 0.278. The number of rotatable bonds is 6. The van der Waals surface area contributed by atoms with Gasteiger partial charge in [0.05, 0.1) is 0 Å². The fourth-order valence-electron chi connectivity index (χ4n) is 4.60. The van der Waals surface area contributed by atoms with E-state index in [1.807, 2.05) is 50.2 Å². The third-order valence-electron chi connectivity index (χ3n) is 6.78. The van der Waals surface area contributed by atoms with Gasteiger partial charge in [0.25, 0.3) is 11.8 Å². The lowest BCUT2D eigenvalue weighted by Crippen LogP contribution is -2.18. The zero-order chi connectivity index (χ0) is 25.6. The second kappa shape index (κ2) is 9.17. The highest BCUT2D eigenvalue weighted by molar-refractivity contribution is 6.33. The zero-order valence-electron chi connectivity index (χ0n) is 20.3. The summed E-state index contributed by atoms with van der Waals surface area (Å²) in [5.41, 5.74) is 5.83. The van der Waals surface area contributed by atoms with Crippen molar-refractivity contribution in [1.82, 2.24) is 9.97 Å². The minimum absolute atomic E-state index is 0.0808. The summed E-state index contributed by atoms with van der Waals surface area (Å²) in [6.45, 7) is 5.77. The van der Waals surface area contributed by atoms with Gasteiger partial charge in [0.15, 0.2) is 0 Å². The number of carbonyl (C=O) groups excluding carboxylic acids is 1. The van der Waals surface area contributed by atoms with Crippen LogP contribution in [-0.2, 0) is 5.92 Å². The largest absolute Gasteiger partial charge is 0.341 e. The molecule has 1 heterocycles. The number of nitrogens with one attached hydrogen (secondary N) is 2. The maximum atomic E-state index is 14.5. The predicted octanol–water partition coefficient (Wildman–Crippen LogP) is 8.08. The van der Waals surface area contributed by atoms with E-state index in [9.17, 15) is 13.6 Å². The number of benzene rings is 3. The fourth-order valence-corrected chi connectivity index (χ4v) is 4.91. The number of hydrogen-bond donors (Lipinski definition) is 2. The molecule has 1 amide bonds. The number of H-pyrrole nitrogens is 1. The maximum Gasteiger partial charge on any atom is 0.276 e. The summed E-state index contributed by atoms with van der Waals surface area (Å²) in [6.07, 6.45) is 1.04. The number of aromatic amines is 1. The Balaban J connectivity index is 1.45. The van der Waals surface area contributed by atoms with Gasteiger partial charge < -0.3 is 10.3 Å². The molecule has 1 aliphatic carbocycles. The van der Waals surface area contributed by atoms with Gasteiger partial charge in [-0.1, -0.05) is 48.0 Å². The molecule has 2 N–H and O–H groups in total. The molecule has 1 saturated carbocycles. The number of anilines is 1. The summed E-state index contributed by atoms with van der Waals surface area (Å²) >= 11 is 6.59. The molecule has 0 spiro atoms. The smallest absolute Gasteiger partial charge is 0.276 e. The molecule has 7 heteroatoms. The van der Waals surface area contributed by atoms with E-state index in [0.29, 0.717) is 35.1 Å². The molecule has 1 aliphatic rings. The van der Waals surface area contributed by atoms with Crippen molar-refractivity contribution in [1.29, 1.82) is 0 Å². The van der Waals surface area contributed by atoms with Crippen LogP contribution in [-0.4, -0.2) is 15.9 Å². The average molecular weight is 506 g/mol. The first kappa shape index (κ1) is 24.2. The first-order chi connectivity index (χ1) is 17.2. The molecule has 1 aromatic heterocycles. The molecule has 0 radical (unpaired) electrons. The van der Waals surface area contributed by atoms with Crippen molar-refractivity contribution in [3.05, 3.63) is 93.8 Å². The van der Waals surface area contributed by atoms with Crippen molar-refractivity contribution < 1.29 is 13.6 Å². The Bertz CT molecular complexity index is 1470. The number of hydrogen-bond acceptors (Lipinski definition) is 2. The van der Waals surface area contributed by atoms with Crippen LogP contribution in [0.15, 0.2) is 60.7 Å². The Labute approximate surface area is 213 Å². The Morgan fingerprint density at radius 1 is 1.03 bits per heavy atom. The lowest BCUT2D eigenvalue weighted by atomic mass is 9.93. The summed E-state index contributed by atoms with van der Waals surface area (Å²) in [6, 6.07) is 17.6. The molecular formula is C29H26ClF2N3O. The molecule has 0 aliphatic heterocycles. The molecule has 0 saturated heterocycles. The van der Waals surface area contributed by atoms with Gasteiger partial charge in [-0.2, -0.15) is 0 Å². The number of aromatic nitrogens is 2. The van der Waals surface area contributed by atoms with Gasteiger partial charge in [-0.25, -0.2) is 13.8 Å². The van der Waals surface area contributed by atoms with E-state index in [2.05, 4.69) is 15.3 Å². The van der Waals surface area contributed by atoms with Gasteiger partial charge in [0.1, 0.15) is 11.5 Å². The summed E-state index contributed by atoms with van der Waals surface area (Å²) in [4.78, 5) is 20.8. The molecule has 184 valence electrons. The lowest BCUT2D eigenvalue weighted by Gasteiger charge is -2.17. The minimum Gasteiger partial charge on any atom is -0.341 e. The Morgan fingerprint density at radius 2 is 1.78 bits per heavy atom. The van der Waals surface area contributed by atoms with Crippen LogP contribution in [0.25, 0.3) is 22.5 Å². The Morgan fingerprint density at radius 3 is 2.50 bits per heavy atom. The number of halogens is 3. The highest BCUT2D eigenvalue weighted by Crippen LogP contribution is 2.50. The normalized spacial score (nSPS) is 13.6. The van der Waals surface area contributed by atoms with Crippen LogP contribution >= 0.6 is 11.6 Å². The zero-order valence-corrected chi connectivity index (χ0v) is 21.0. The van der Waals surface area contributed by atoms with E-state index in [4.69, 9.17) is 11.6 Å². The van der Waals surface area contributed by atoms with Crippen LogP contribution in [0.5, 0.6) is 0 Å². The first-order valence-corrected chi connectivity index (χ1v) is 12.3. The molecule has 36 heavy (non-hydrogen) atoms. The molecule has 0 atom stereocenters. The summed E-state index contributed by atoms with van der Waals surface area (Å²) in [5.74, 6) is -3.44. The minimum atomic E-state index is -2.89. The molecule has 0 unspecified atom stereocenters. The lowest BCUT2D eigenvalue weighted by molar-refractivity contribution is -0.0285. The second-order valence-electron chi connectivity index (χ2n) is 9.40. The number of aryl methyl sites for hydroxylation is 2. The van der Waals surface area contributed by atoms with Crippen LogP contribution in [0.1, 0.15) is 45.7 Å². The summed E-state index contributed by atoms with van der Waals surface area (Å²) in [5, 5.41) is 3.36. The highest BCUT2D eigenvalue weighted by Gasteiger charge is 2.47. The number of alkyl halides is 2. The van der Waals surface area contributed by atoms with Gasteiger partial charge in [-0.3, -0.25) is 4.79 Å². The highest BCUT2D eigenvalue weighted by atomic mass is 35.5. The SMILES string of the molecule is Cc1ccccc1-c1c(Cl)ccc(-c2nc(C(=O)Nc3cccc(C(F)(F)C4CC4)c3)c(C)[nH]2)c1C. The van der Waals surface area contributed by atoms with E-state index in [-0.39, 0.29) is 11.3 Å². The first-order valence-electron chi connectivity index (χ1n) is 11.9. The van der Waals surface area contributed by atoms with Crippen molar-refractivity contribution in [3.63, 3.8) is 0 Å². The number of carbonyl (C=O) groups is 1. The maximum absolute atomic E-state index is 14.5. The fraction of sp³-hybridized carbons (Fsp3) is 0.241. The molecular weight excluding hydrogens is 480 g/mol. The average Bonchev–Trinajstić information content (AvgIpc) is 3.63. The molecule has 3 aromatic carbocycles. The molecule has 1 fully saturated rings. The van der Waals surface area contributed by atoms with Crippen molar-refractivity contribution >= 4 is 23.2 Å². The van der Waals surface area contributed by atoms with Crippen molar-refractivity contribution in [3.8, 4) is 22.5 Å². The second-order valence-corrected chi connectivity index (χ2v) is 9.81. The summed E-state index contributed by atoms with van der Waals surface area (Å²) in [7, 11) is 0. The van der Waals surface area contributed by atoms with Crippen molar-refractivity contribution in [2.45, 2.75) is 39.5 Å². The molecule has 4 nitrogen and oxygen atoms in total. The van der Waals surface area contributed by atoms with Crippen LogP contribution in [0.2, 0.25) is 5.02 Å². The van der Waals surface area contributed by atoms with E-state index in [1.54, 1.807) is 13.0 Å². The van der Waals surface area contributed by atoms with Crippen molar-refractivity contribution in [2.24, 2.45) is 5.92 Å². The van der Waals surface area contributed by atoms with E-state index >= 15 is 0 Å². The van der Waals surface area contributed by atoms with Gasteiger partial charge >= 0.3 is 0 Å². The van der Waals surface area contributed by atoms with E-state index < -0.39 is 17.7 Å². The number of amides is 1. The van der Waals surface area contributed by atoms with Crippen LogP contribution in [0.3, 0.4) is 0 Å².